The summed E-state index contributed by atoms with van der Waals surface area (Å²) in [4.78, 5) is 26.9. The molecule has 0 unspecified atom stereocenters. The third kappa shape index (κ3) is 4.50. The Morgan fingerprint density at radius 2 is 1.80 bits per heavy atom. The molecule has 1 aromatic heterocycles. The van der Waals surface area contributed by atoms with Crippen LogP contribution in [0.2, 0.25) is 0 Å². The lowest BCUT2D eigenvalue weighted by molar-refractivity contribution is 0.0524. The highest BCUT2D eigenvalue weighted by molar-refractivity contribution is 5.93. The van der Waals surface area contributed by atoms with Crippen molar-refractivity contribution in [1.82, 2.24) is 4.98 Å². The first kappa shape index (κ1) is 21.5. The molecule has 1 heterocycles. The van der Waals surface area contributed by atoms with Crippen molar-refractivity contribution in [1.29, 1.82) is 0 Å². The number of aromatic nitrogens is 1. The minimum absolute atomic E-state index is 0.0724. The number of hydrogen-bond acceptors (Lipinski definition) is 4. The Hall–Kier alpha value is -3.22. The molecule has 0 aliphatic carbocycles. The van der Waals surface area contributed by atoms with E-state index in [1.54, 1.807) is 14.0 Å². The van der Waals surface area contributed by atoms with Crippen molar-refractivity contribution in [3.8, 4) is 5.75 Å². The van der Waals surface area contributed by atoms with Gasteiger partial charge in [-0.3, -0.25) is 4.79 Å². The zero-order valence-corrected chi connectivity index (χ0v) is 16.9. The summed E-state index contributed by atoms with van der Waals surface area (Å²) in [7, 11) is 1.60. The van der Waals surface area contributed by atoms with E-state index in [9.17, 15) is 18.4 Å². The number of rotatable bonds is 8. The monoisotopic (exact) mass is 415 g/mol. The van der Waals surface area contributed by atoms with E-state index in [-0.39, 0.29) is 35.1 Å². The first-order valence-corrected chi connectivity index (χ1v) is 9.78. The molecule has 30 heavy (non-hydrogen) atoms. The predicted octanol–water partition coefficient (Wildman–Crippen LogP) is 4.56. The van der Waals surface area contributed by atoms with Gasteiger partial charge in [-0.1, -0.05) is 12.1 Å². The maximum atomic E-state index is 14.9. The lowest BCUT2D eigenvalue weighted by Gasteiger charge is -2.10. The van der Waals surface area contributed by atoms with Gasteiger partial charge in [0.15, 0.2) is 5.82 Å². The van der Waals surface area contributed by atoms with E-state index in [1.165, 1.54) is 0 Å². The number of nitrogens with one attached hydrogen (secondary N) is 1. The maximum absolute atomic E-state index is 14.9. The molecule has 1 N–H and O–H groups in total. The van der Waals surface area contributed by atoms with Gasteiger partial charge in [-0.25, -0.2) is 13.6 Å². The molecule has 0 saturated heterocycles. The van der Waals surface area contributed by atoms with Gasteiger partial charge in [0.2, 0.25) is 5.43 Å². The molecule has 0 radical (unpaired) electrons. The number of halogens is 2. The molecule has 158 valence electrons. The van der Waals surface area contributed by atoms with Crippen LogP contribution in [0.3, 0.4) is 0 Å². The van der Waals surface area contributed by atoms with Gasteiger partial charge < -0.3 is 14.5 Å². The number of carbonyl (C=O) groups is 1. The number of aryl methyl sites for hydroxylation is 1. The third-order valence-electron chi connectivity index (χ3n) is 4.96. The Bertz CT molecular complexity index is 1110. The van der Waals surface area contributed by atoms with Gasteiger partial charge in [0.1, 0.15) is 17.1 Å². The van der Waals surface area contributed by atoms with Gasteiger partial charge in [0.25, 0.3) is 0 Å². The number of unbranched alkanes of at least 4 members (excludes halogenated alkanes) is 1. The fourth-order valence-electron chi connectivity index (χ4n) is 3.35. The van der Waals surface area contributed by atoms with Crippen molar-refractivity contribution < 1.29 is 23.0 Å². The van der Waals surface area contributed by atoms with E-state index in [2.05, 4.69) is 4.98 Å². The number of methoxy groups -OCH3 is 1. The zero-order chi connectivity index (χ0) is 21.7. The van der Waals surface area contributed by atoms with E-state index in [0.29, 0.717) is 6.42 Å². The van der Waals surface area contributed by atoms with E-state index in [4.69, 9.17) is 9.47 Å². The summed E-state index contributed by atoms with van der Waals surface area (Å²) >= 11 is 0. The van der Waals surface area contributed by atoms with Gasteiger partial charge in [-0.15, -0.1) is 0 Å². The molecule has 7 heteroatoms. The van der Waals surface area contributed by atoms with E-state index < -0.39 is 23.0 Å². The van der Waals surface area contributed by atoms with Crippen molar-refractivity contribution in [2.24, 2.45) is 0 Å². The number of pyridine rings is 1. The lowest BCUT2D eigenvalue weighted by Crippen LogP contribution is -2.19. The van der Waals surface area contributed by atoms with Crippen LogP contribution in [-0.4, -0.2) is 24.7 Å². The zero-order valence-electron chi connectivity index (χ0n) is 16.9. The molecule has 0 spiro atoms. The first-order valence-electron chi connectivity index (χ1n) is 9.78. The summed E-state index contributed by atoms with van der Waals surface area (Å²) in [5, 5.41) is -0.211. The summed E-state index contributed by atoms with van der Waals surface area (Å²) in [6.07, 6.45) is 3.42. The van der Waals surface area contributed by atoms with Crippen LogP contribution < -0.4 is 10.2 Å². The van der Waals surface area contributed by atoms with E-state index in [0.717, 1.165) is 36.4 Å². The summed E-state index contributed by atoms with van der Waals surface area (Å²) in [5.74, 6) is -1.65. The number of benzene rings is 2. The minimum atomic E-state index is -0.830. The topological polar surface area (TPSA) is 68.4 Å². The molecule has 0 atom stereocenters. The number of H-pyrrole nitrogens is 1. The minimum Gasteiger partial charge on any atom is -0.497 e. The van der Waals surface area contributed by atoms with Gasteiger partial charge in [0, 0.05) is 11.8 Å². The van der Waals surface area contributed by atoms with Gasteiger partial charge in [-0.2, -0.15) is 0 Å². The summed E-state index contributed by atoms with van der Waals surface area (Å²) in [6, 6.07) is 8.65. The number of aromatic amines is 1. The van der Waals surface area contributed by atoms with Crippen LogP contribution in [0.5, 0.6) is 5.75 Å². The SMILES string of the molecule is CCOC(=O)c1c[nH]c2c(F)c(CCCCc3ccc(OC)cc3)c(F)cc2c1=O. The normalized spacial score (nSPS) is 10.9. The fraction of sp³-hybridized carbons (Fsp3) is 0.304. The second kappa shape index (κ2) is 9.52. The van der Waals surface area contributed by atoms with Crippen molar-refractivity contribution in [3.63, 3.8) is 0 Å². The molecule has 3 aromatic rings. The quantitative estimate of drug-likeness (QED) is 0.433. The van der Waals surface area contributed by atoms with Crippen LogP contribution in [0.1, 0.15) is 41.3 Å². The average Bonchev–Trinajstić information content (AvgIpc) is 2.74. The van der Waals surface area contributed by atoms with E-state index in [1.807, 2.05) is 24.3 Å². The molecule has 0 fully saturated rings. The molecule has 0 amide bonds. The maximum Gasteiger partial charge on any atom is 0.343 e. The van der Waals surface area contributed by atoms with Gasteiger partial charge in [-0.05, 0) is 56.4 Å². The molecule has 0 aliphatic rings. The van der Waals surface area contributed by atoms with Gasteiger partial charge >= 0.3 is 5.97 Å². The third-order valence-corrected chi connectivity index (χ3v) is 4.96. The molecule has 5 nitrogen and oxygen atoms in total. The second-order valence-corrected chi connectivity index (χ2v) is 6.88. The van der Waals surface area contributed by atoms with Crippen LogP contribution in [0.25, 0.3) is 10.9 Å². The molecule has 3 rings (SSSR count). The molecule has 2 aromatic carbocycles. The van der Waals surface area contributed by atoms with Crippen molar-refractivity contribution in [2.45, 2.75) is 32.6 Å². The fourth-order valence-corrected chi connectivity index (χ4v) is 3.35. The highest BCUT2D eigenvalue weighted by atomic mass is 19.1. The largest absolute Gasteiger partial charge is 0.497 e. The smallest absolute Gasteiger partial charge is 0.343 e. The highest BCUT2D eigenvalue weighted by Crippen LogP contribution is 2.23. The van der Waals surface area contributed by atoms with Crippen molar-refractivity contribution in [3.05, 3.63) is 75.1 Å². The highest BCUT2D eigenvalue weighted by Gasteiger charge is 2.20. The number of carbonyl (C=O) groups excluding carboxylic acids is 1. The Morgan fingerprint density at radius 3 is 2.47 bits per heavy atom. The molecule has 0 saturated carbocycles. The molecular formula is C23H23F2NO4. The Kier molecular flexibility index (Phi) is 6.82. The van der Waals surface area contributed by atoms with Crippen LogP contribution in [0, 0.1) is 11.6 Å². The second-order valence-electron chi connectivity index (χ2n) is 6.88. The van der Waals surface area contributed by atoms with Crippen molar-refractivity contribution >= 4 is 16.9 Å². The molecule has 0 bridgehead atoms. The average molecular weight is 415 g/mol. The van der Waals surface area contributed by atoms with E-state index >= 15 is 0 Å². The van der Waals surface area contributed by atoms with Crippen LogP contribution in [-0.2, 0) is 17.6 Å². The lowest BCUT2D eigenvalue weighted by atomic mass is 10.0. The Morgan fingerprint density at radius 1 is 1.10 bits per heavy atom. The standard InChI is InChI=1S/C23H23F2NO4/c1-3-30-23(28)18-13-26-21-17(22(18)27)12-19(24)16(20(21)25)7-5-4-6-14-8-10-15(29-2)11-9-14/h8-13H,3-7H2,1-2H3,(H,26,27). The van der Waals surface area contributed by atoms with Crippen LogP contribution in [0.15, 0.2) is 41.3 Å². The first-order chi connectivity index (χ1) is 14.5. The number of fused-ring (bicyclic) bond motifs is 1. The predicted molar refractivity (Wildman–Crippen MR) is 110 cm³/mol. The Balaban J connectivity index is 1.75. The molecular weight excluding hydrogens is 392 g/mol. The van der Waals surface area contributed by atoms with Crippen LogP contribution >= 0.6 is 0 Å². The summed E-state index contributed by atoms with van der Waals surface area (Å²) in [6.45, 7) is 1.70. The van der Waals surface area contributed by atoms with Crippen LogP contribution in [0.4, 0.5) is 8.78 Å². The van der Waals surface area contributed by atoms with Gasteiger partial charge in [0.05, 0.1) is 24.6 Å². The summed E-state index contributed by atoms with van der Waals surface area (Å²) < 4.78 is 39.4. The summed E-state index contributed by atoms with van der Waals surface area (Å²) in [5.41, 5.74) is -0.108. The number of ether oxygens (including phenoxy) is 2. The molecule has 0 aliphatic heterocycles. The Labute approximate surface area is 172 Å². The van der Waals surface area contributed by atoms with Crippen molar-refractivity contribution in [2.75, 3.05) is 13.7 Å². The number of hydrogen-bond donors (Lipinski definition) is 1. The number of esters is 1.